The molecule has 0 saturated heterocycles. The van der Waals surface area contributed by atoms with Gasteiger partial charge in [-0.1, -0.05) is 36.3 Å². The third kappa shape index (κ3) is 3.24. The van der Waals surface area contributed by atoms with Crippen molar-refractivity contribution < 1.29 is 4.79 Å². The van der Waals surface area contributed by atoms with Crippen molar-refractivity contribution in [3.05, 3.63) is 70.3 Å². The lowest BCUT2D eigenvalue weighted by Gasteiger charge is -2.01. The summed E-state index contributed by atoms with van der Waals surface area (Å²) in [7, 11) is 0. The van der Waals surface area contributed by atoms with E-state index in [1.807, 2.05) is 47.2 Å². The first kappa shape index (κ1) is 16.0. The number of carbonyl (C=O) groups excluding carboxylic acids is 1. The van der Waals surface area contributed by atoms with Crippen molar-refractivity contribution in [2.45, 2.75) is 6.54 Å². The van der Waals surface area contributed by atoms with Gasteiger partial charge in [-0.3, -0.25) is 4.79 Å². The molecule has 0 aliphatic rings. The number of halogens is 1. The van der Waals surface area contributed by atoms with Gasteiger partial charge in [-0.2, -0.15) is 5.10 Å². The van der Waals surface area contributed by atoms with E-state index in [0.29, 0.717) is 12.1 Å². The van der Waals surface area contributed by atoms with Crippen molar-refractivity contribution in [1.29, 1.82) is 0 Å². The fourth-order valence-electron chi connectivity index (χ4n) is 2.47. The molecule has 0 radical (unpaired) electrons. The van der Waals surface area contributed by atoms with Crippen molar-refractivity contribution in [2.24, 2.45) is 5.10 Å². The topological polar surface area (TPSA) is 46.4 Å². The highest BCUT2D eigenvalue weighted by Crippen LogP contribution is 2.20. The molecule has 4 nitrogen and oxygen atoms in total. The molecule has 2 aromatic carbocycles. The molecule has 1 heterocycles. The largest absolute Gasteiger partial charge is 0.335 e. The maximum atomic E-state index is 12.1. The van der Waals surface area contributed by atoms with Crippen LogP contribution in [-0.2, 0) is 6.54 Å². The van der Waals surface area contributed by atoms with E-state index in [9.17, 15) is 4.79 Å². The highest BCUT2D eigenvalue weighted by atomic mass is 79.9. The number of aromatic nitrogens is 1. The number of nitrogens with one attached hydrogen (secondary N) is 1. The summed E-state index contributed by atoms with van der Waals surface area (Å²) in [5.74, 6) is 2.36. The minimum Gasteiger partial charge on any atom is -0.335 e. The lowest BCUT2D eigenvalue weighted by Crippen LogP contribution is -2.18. The number of hydrogen-bond acceptors (Lipinski definition) is 2. The molecular weight excluding hydrogens is 366 g/mol. The Morgan fingerprint density at radius 2 is 2.00 bits per heavy atom. The first-order valence-corrected chi connectivity index (χ1v) is 8.09. The van der Waals surface area contributed by atoms with Gasteiger partial charge in [0.15, 0.2) is 0 Å². The average molecular weight is 380 g/mol. The van der Waals surface area contributed by atoms with Crippen molar-refractivity contribution >= 4 is 39.0 Å². The molecule has 0 aliphatic heterocycles. The molecule has 3 aromatic rings. The van der Waals surface area contributed by atoms with Crippen LogP contribution < -0.4 is 5.43 Å². The number of nitrogens with zero attached hydrogens (tertiary/aromatic N) is 2. The third-order valence-electron chi connectivity index (χ3n) is 3.57. The van der Waals surface area contributed by atoms with Crippen LogP contribution in [0.3, 0.4) is 0 Å². The number of carbonyl (C=O) groups is 1. The van der Waals surface area contributed by atoms with Gasteiger partial charge in [-0.25, -0.2) is 5.43 Å². The monoisotopic (exact) mass is 379 g/mol. The maximum absolute atomic E-state index is 12.1. The van der Waals surface area contributed by atoms with Gasteiger partial charge in [-0.05, 0) is 34.1 Å². The van der Waals surface area contributed by atoms with E-state index in [-0.39, 0.29) is 5.91 Å². The van der Waals surface area contributed by atoms with Crippen molar-refractivity contribution in [3.63, 3.8) is 0 Å². The predicted molar refractivity (Wildman–Crippen MR) is 100.0 cm³/mol. The Hall–Kier alpha value is -2.84. The van der Waals surface area contributed by atoms with Gasteiger partial charge in [-0.15, -0.1) is 6.42 Å². The number of para-hydroxylation sites is 1. The van der Waals surface area contributed by atoms with Gasteiger partial charge in [0, 0.05) is 27.1 Å². The van der Waals surface area contributed by atoms with Crippen LogP contribution in [0.5, 0.6) is 0 Å². The quantitative estimate of drug-likeness (QED) is 0.418. The normalized spacial score (nSPS) is 10.8. The third-order valence-corrected chi connectivity index (χ3v) is 4.26. The number of hydrazone groups is 1. The van der Waals surface area contributed by atoms with Crippen molar-refractivity contribution in [2.75, 3.05) is 0 Å². The lowest BCUT2D eigenvalue weighted by molar-refractivity contribution is 0.0954. The molecule has 0 bridgehead atoms. The van der Waals surface area contributed by atoms with Crippen molar-refractivity contribution in [3.8, 4) is 12.3 Å². The summed E-state index contributed by atoms with van der Waals surface area (Å²) >= 11 is 3.35. The Morgan fingerprint density at radius 1 is 1.25 bits per heavy atom. The number of rotatable bonds is 4. The lowest BCUT2D eigenvalue weighted by atomic mass is 10.2. The van der Waals surface area contributed by atoms with Crippen LogP contribution in [0.15, 0.2) is 64.3 Å². The van der Waals surface area contributed by atoms with Crippen LogP contribution in [0, 0.1) is 12.3 Å². The first-order chi connectivity index (χ1) is 11.7. The number of fused-ring (bicyclic) bond motifs is 1. The summed E-state index contributed by atoms with van der Waals surface area (Å²) < 4.78 is 2.70. The van der Waals surface area contributed by atoms with Crippen LogP contribution in [0.2, 0.25) is 0 Å². The Morgan fingerprint density at radius 3 is 2.79 bits per heavy atom. The zero-order valence-electron chi connectivity index (χ0n) is 12.7. The Kier molecular flexibility index (Phi) is 4.78. The Bertz CT molecular complexity index is 966. The van der Waals surface area contributed by atoms with Gasteiger partial charge >= 0.3 is 0 Å². The van der Waals surface area contributed by atoms with Gasteiger partial charge in [0.05, 0.1) is 18.3 Å². The summed E-state index contributed by atoms with van der Waals surface area (Å²) in [6, 6.07) is 15.1. The number of amides is 1. The Labute approximate surface area is 148 Å². The number of hydrogen-bond donors (Lipinski definition) is 1. The van der Waals surface area contributed by atoms with E-state index >= 15 is 0 Å². The molecule has 0 aliphatic carbocycles. The second kappa shape index (κ2) is 7.16. The van der Waals surface area contributed by atoms with Gasteiger partial charge in [0.2, 0.25) is 0 Å². The molecule has 118 valence electrons. The highest BCUT2D eigenvalue weighted by Gasteiger charge is 2.08. The summed E-state index contributed by atoms with van der Waals surface area (Å²) in [5, 5.41) is 5.11. The van der Waals surface area contributed by atoms with Gasteiger partial charge in [0.1, 0.15) is 0 Å². The molecule has 0 saturated carbocycles. The molecule has 24 heavy (non-hydrogen) atoms. The van der Waals surface area contributed by atoms with Crippen LogP contribution in [0.25, 0.3) is 10.9 Å². The minimum absolute atomic E-state index is 0.272. The SMILES string of the molecule is C#CCn1cc(/C=N\NC(=O)c2ccccc2Br)c2ccccc21. The van der Waals surface area contributed by atoms with Gasteiger partial charge in [0.25, 0.3) is 5.91 Å². The van der Waals surface area contributed by atoms with E-state index in [1.54, 1.807) is 18.3 Å². The summed E-state index contributed by atoms with van der Waals surface area (Å²) in [6.07, 6.45) is 8.97. The Balaban J connectivity index is 1.83. The van der Waals surface area contributed by atoms with E-state index in [2.05, 4.69) is 32.4 Å². The summed E-state index contributed by atoms with van der Waals surface area (Å²) in [4.78, 5) is 12.1. The second-order valence-electron chi connectivity index (χ2n) is 5.11. The average Bonchev–Trinajstić information content (AvgIpc) is 2.94. The standard InChI is InChI=1S/C19H14BrN3O/c1-2-11-23-13-14(15-7-4-6-10-18(15)23)12-21-22-19(24)16-8-3-5-9-17(16)20/h1,3-10,12-13H,11H2,(H,22,24)/b21-12-. The zero-order chi connectivity index (χ0) is 16.9. The van der Waals surface area contributed by atoms with Crippen molar-refractivity contribution in [1.82, 2.24) is 9.99 Å². The summed E-state index contributed by atoms with van der Waals surface area (Å²) in [5.41, 5.74) is 5.01. The fourth-order valence-corrected chi connectivity index (χ4v) is 2.94. The van der Waals surface area contributed by atoms with Crippen LogP contribution in [-0.4, -0.2) is 16.7 Å². The highest BCUT2D eigenvalue weighted by molar-refractivity contribution is 9.10. The molecule has 1 amide bonds. The minimum atomic E-state index is -0.272. The van der Waals surface area contributed by atoms with E-state index in [0.717, 1.165) is 20.9 Å². The van der Waals surface area contributed by atoms with E-state index < -0.39 is 0 Å². The zero-order valence-corrected chi connectivity index (χ0v) is 14.3. The van der Waals surface area contributed by atoms with Crippen LogP contribution >= 0.6 is 15.9 Å². The molecule has 0 unspecified atom stereocenters. The summed E-state index contributed by atoms with van der Waals surface area (Å²) in [6.45, 7) is 0.484. The molecule has 1 aromatic heterocycles. The maximum Gasteiger partial charge on any atom is 0.272 e. The molecule has 5 heteroatoms. The molecular formula is C19H14BrN3O. The first-order valence-electron chi connectivity index (χ1n) is 7.30. The molecule has 1 N–H and O–H groups in total. The van der Waals surface area contributed by atoms with Crippen LogP contribution in [0.1, 0.15) is 15.9 Å². The van der Waals surface area contributed by atoms with Crippen LogP contribution in [0.4, 0.5) is 0 Å². The second-order valence-corrected chi connectivity index (χ2v) is 5.97. The van der Waals surface area contributed by atoms with E-state index in [1.165, 1.54) is 0 Å². The van der Waals surface area contributed by atoms with E-state index in [4.69, 9.17) is 6.42 Å². The smallest absolute Gasteiger partial charge is 0.272 e. The number of terminal acetylenes is 1. The fraction of sp³-hybridized carbons (Fsp3) is 0.0526. The predicted octanol–water partition coefficient (Wildman–Crippen LogP) is 3.80. The molecule has 0 spiro atoms. The number of benzene rings is 2. The molecule has 0 atom stereocenters. The molecule has 0 fully saturated rings. The van der Waals surface area contributed by atoms with Gasteiger partial charge < -0.3 is 4.57 Å². The molecule has 3 rings (SSSR count).